The average molecular weight is 413 g/mol. The van der Waals surface area contributed by atoms with Gasteiger partial charge in [0.15, 0.2) is 5.96 Å². The van der Waals surface area contributed by atoms with Crippen molar-refractivity contribution in [2.75, 3.05) is 48.0 Å². The van der Waals surface area contributed by atoms with Crippen molar-refractivity contribution in [3.8, 4) is 5.75 Å². The van der Waals surface area contributed by atoms with Gasteiger partial charge in [0.05, 0.1) is 12.6 Å². The van der Waals surface area contributed by atoms with E-state index in [-0.39, 0.29) is 6.04 Å². The number of aliphatic imine (C=N–C) groups is 1. The molecule has 0 aliphatic carbocycles. The molecule has 0 saturated heterocycles. The molecule has 2 rings (SSSR count). The van der Waals surface area contributed by atoms with E-state index in [1.807, 2.05) is 6.07 Å². The molecular weight excluding hydrogens is 376 g/mol. The monoisotopic (exact) mass is 412 g/mol. The molecule has 0 radical (unpaired) electrons. The van der Waals surface area contributed by atoms with E-state index in [2.05, 4.69) is 84.0 Å². The molecule has 1 unspecified atom stereocenters. The molecule has 2 N–H and O–H groups in total. The average Bonchev–Trinajstić information content (AvgIpc) is 2.75. The second-order valence-corrected chi connectivity index (χ2v) is 7.50. The summed E-state index contributed by atoms with van der Waals surface area (Å²) in [6.45, 7) is 4.80. The van der Waals surface area contributed by atoms with Crippen LogP contribution in [-0.2, 0) is 11.3 Å². The number of nitrogens with zero attached hydrogens (tertiary/aromatic N) is 2. The molecule has 0 aliphatic rings. The summed E-state index contributed by atoms with van der Waals surface area (Å²) < 4.78 is 11.1. The quantitative estimate of drug-likeness (QED) is 0.337. The highest BCUT2D eigenvalue weighted by molar-refractivity contribution is 5.79. The summed E-state index contributed by atoms with van der Waals surface area (Å²) in [7, 11) is 7.68. The normalized spacial score (nSPS) is 12.7. The lowest BCUT2D eigenvalue weighted by molar-refractivity contribution is 0.171. The summed E-state index contributed by atoms with van der Waals surface area (Å²) in [6, 6.07) is 17.0. The van der Waals surface area contributed by atoms with E-state index in [4.69, 9.17) is 9.47 Å². The number of benzene rings is 2. The fourth-order valence-corrected chi connectivity index (χ4v) is 3.19. The van der Waals surface area contributed by atoms with E-state index in [0.29, 0.717) is 19.8 Å². The third kappa shape index (κ3) is 7.69. The van der Waals surface area contributed by atoms with E-state index in [0.717, 1.165) is 30.2 Å². The Hall–Kier alpha value is -2.57. The molecule has 2 aromatic carbocycles. The van der Waals surface area contributed by atoms with Gasteiger partial charge in [-0.05, 0) is 38.2 Å². The molecule has 164 valence electrons. The van der Waals surface area contributed by atoms with Crippen molar-refractivity contribution < 1.29 is 9.47 Å². The fraction of sp³-hybridized carbons (Fsp3) is 0.458. The molecule has 0 heterocycles. The van der Waals surface area contributed by atoms with Gasteiger partial charge < -0.3 is 25.0 Å². The summed E-state index contributed by atoms with van der Waals surface area (Å²) in [5.41, 5.74) is 3.56. The minimum atomic E-state index is 0.254. The minimum absolute atomic E-state index is 0.254. The Kier molecular flexibility index (Phi) is 10.2. The van der Waals surface area contributed by atoms with Gasteiger partial charge in [0.2, 0.25) is 0 Å². The van der Waals surface area contributed by atoms with Crippen molar-refractivity contribution in [2.24, 2.45) is 4.99 Å². The van der Waals surface area contributed by atoms with Crippen molar-refractivity contribution in [3.63, 3.8) is 0 Å². The van der Waals surface area contributed by atoms with Gasteiger partial charge in [-0.2, -0.15) is 0 Å². The lowest BCUT2D eigenvalue weighted by atomic mass is 10.1. The molecule has 6 heteroatoms. The third-order valence-corrected chi connectivity index (χ3v) is 4.91. The van der Waals surface area contributed by atoms with Gasteiger partial charge in [0, 0.05) is 45.8 Å². The zero-order chi connectivity index (χ0) is 21.8. The number of methoxy groups -OCH3 is 1. The Morgan fingerprint density at radius 1 is 1.07 bits per heavy atom. The first-order valence-electron chi connectivity index (χ1n) is 10.4. The predicted octanol–water partition coefficient (Wildman–Crippen LogP) is 3.38. The number of hydrogen-bond acceptors (Lipinski definition) is 4. The number of nitrogens with one attached hydrogen (secondary N) is 2. The minimum Gasteiger partial charge on any atom is -0.493 e. The number of guanidine groups is 1. The number of aryl methyl sites for hydroxylation is 1. The predicted molar refractivity (Wildman–Crippen MR) is 124 cm³/mol. The topological polar surface area (TPSA) is 58.1 Å². The van der Waals surface area contributed by atoms with Crippen LogP contribution >= 0.6 is 0 Å². The maximum absolute atomic E-state index is 5.99. The summed E-state index contributed by atoms with van der Waals surface area (Å²) >= 11 is 0. The fourth-order valence-electron chi connectivity index (χ4n) is 3.19. The van der Waals surface area contributed by atoms with Gasteiger partial charge in [0.1, 0.15) is 5.75 Å². The maximum atomic E-state index is 5.99. The van der Waals surface area contributed by atoms with Crippen molar-refractivity contribution in [2.45, 2.75) is 25.9 Å². The second kappa shape index (κ2) is 12.9. The van der Waals surface area contributed by atoms with E-state index in [1.165, 1.54) is 11.1 Å². The number of likely N-dealkylation sites (N-methyl/N-ethyl adjacent to an activating group) is 1. The van der Waals surface area contributed by atoms with Crippen LogP contribution in [0.15, 0.2) is 53.5 Å². The van der Waals surface area contributed by atoms with Gasteiger partial charge in [-0.25, -0.2) is 0 Å². The highest BCUT2D eigenvalue weighted by Crippen LogP contribution is 2.21. The van der Waals surface area contributed by atoms with Crippen LogP contribution in [0.25, 0.3) is 0 Å². The van der Waals surface area contributed by atoms with Crippen molar-refractivity contribution in [1.29, 1.82) is 0 Å². The number of rotatable bonds is 11. The third-order valence-electron chi connectivity index (χ3n) is 4.91. The molecule has 0 amide bonds. The van der Waals surface area contributed by atoms with Crippen LogP contribution in [0, 0.1) is 6.92 Å². The van der Waals surface area contributed by atoms with Gasteiger partial charge in [-0.15, -0.1) is 0 Å². The van der Waals surface area contributed by atoms with Crippen LogP contribution in [0.2, 0.25) is 0 Å². The molecule has 2 aromatic rings. The Morgan fingerprint density at radius 3 is 2.50 bits per heavy atom. The summed E-state index contributed by atoms with van der Waals surface area (Å²) in [6.07, 6.45) is 0.867. The van der Waals surface area contributed by atoms with Crippen LogP contribution in [-0.4, -0.2) is 58.9 Å². The van der Waals surface area contributed by atoms with E-state index < -0.39 is 0 Å². The molecule has 0 fully saturated rings. The largest absolute Gasteiger partial charge is 0.493 e. The highest BCUT2D eigenvalue weighted by atomic mass is 16.5. The lowest BCUT2D eigenvalue weighted by Crippen LogP contribution is -2.41. The Bertz CT molecular complexity index is 778. The van der Waals surface area contributed by atoms with Crippen LogP contribution in [0.1, 0.15) is 29.2 Å². The number of hydrogen-bond donors (Lipinski definition) is 2. The molecule has 6 nitrogen and oxygen atoms in total. The zero-order valence-electron chi connectivity index (χ0n) is 18.9. The van der Waals surface area contributed by atoms with Crippen LogP contribution < -0.4 is 15.4 Å². The first-order chi connectivity index (χ1) is 14.5. The first-order valence-corrected chi connectivity index (χ1v) is 10.4. The van der Waals surface area contributed by atoms with Crippen LogP contribution in [0.4, 0.5) is 0 Å². The summed E-state index contributed by atoms with van der Waals surface area (Å²) in [4.78, 5) is 6.59. The van der Waals surface area contributed by atoms with Crippen molar-refractivity contribution in [1.82, 2.24) is 15.5 Å². The Labute approximate surface area is 181 Å². The second-order valence-electron chi connectivity index (χ2n) is 7.50. The van der Waals surface area contributed by atoms with Gasteiger partial charge in [-0.1, -0.05) is 42.5 Å². The molecule has 0 saturated carbocycles. The summed E-state index contributed by atoms with van der Waals surface area (Å²) in [5, 5.41) is 6.86. The van der Waals surface area contributed by atoms with Gasteiger partial charge in [0.25, 0.3) is 0 Å². The molecule has 0 bridgehead atoms. The van der Waals surface area contributed by atoms with E-state index in [1.54, 1.807) is 14.2 Å². The molecule has 1 atom stereocenters. The summed E-state index contributed by atoms with van der Waals surface area (Å²) in [5.74, 6) is 1.67. The smallest absolute Gasteiger partial charge is 0.191 e. The van der Waals surface area contributed by atoms with Gasteiger partial charge in [-0.3, -0.25) is 4.99 Å². The standard InChI is InChI=1S/C24H36N4O2/c1-19-12-13-21(23(16-19)30-15-9-14-29-5)17-26-24(25-2)27-18-22(28(3)4)20-10-7-6-8-11-20/h6-8,10-13,16,22H,9,14-15,17-18H2,1-5H3,(H2,25,26,27). The highest BCUT2D eigenvalue weighted by Gasteiger charge is 2.14. The van der Waals surface area contributed by atoms with Crippen molar-refractivity contribution >= 4 is 5.96 Å². The zero-order valence-corrected chi connectivity index (χ0v) is 18.9. The molecular formula is C24H36N4O2. The molecule has 0 aromatic heterocycles. The van der Waals surface area contributed by atoms with Gasteiger partial charge >= 0.3 is 0 Å². The maximum Gasteiger partial charge on any atom is 0.191 e. The van der Waals surface area contributed by atoms with Crippen LogP contribution in [0.3, 0.4) is 0 Å². The van der Waals surface area contributed by atoms with Crippen molar-refractivity contribution in [3.05, 3.63) is 65.2 Å². The Balaban J connectivity index is 1.95. The molecule has 0 aliphatic heterocycles. The Morgan fingerprint density at radius 2 is 1.83 bits per heavy atom. The molecule has 30 heavy (non-hydrogen) atoms. The number of ether oxygens (including phenoxy) is 2. The molecule has 0 spiro atoms. The first kappa shape index (κ1) is 23.7. The van der Waals surface area contributed by atoms with Crippen LogP contribution in [0.5, 0.6) is 5.75 Å². The van der Waals surface area contributed by atoms with E-state index in [9.17, 15) is 0 Å². The lowest BCUT2D eigenvalue weighted by Gasteiger charge is -2.26. The van der Waals surface area contributed by atoms with E-state index >= 15 is 0 Å². The SMILES string of the molecule is CN=C(NCc1ccc(C)cc1OCCCOC)NCC(c1ccccc1)N(C)C.